The van der Waals surface area contributed by atoms with Gasteiger partial charge in [-0.25, -0.2) is 20.0 Å². The van der Waals surface area contributed by atoms with Crippen LogP contribution in [0.2, 0.25) is 0 Å². The van der Waals surface area contributed by atoms with Gasteiger partial charge in [0.05, 0.1) is 18.4 Å². The van der Waals surface area contributed by atoms with Crippen molar-refractivity contribution in [2.24, 2.45) is 5.10 Å². The van der Waals surface area contributed by atoms with Crippen molar-refractivity contribution in [2.75, 3.05) is 7.11 Å². The summed E-state index contributed by atoms with van der Waals surface area (Å²) in [6.45, 7) is 5.27. The van der Waals surface area contributed by atoms with Crippen LogP contribution in [0.15, 0.2) is 35.6 Å². The van der Waals surface area contributed by atoms with Gasteiger partial charge in [0, 0.05) is 12.3 Å². The third kappa shape index (κ3) is 7.93. The lowest BCUT2D eigenvalue weighted by molar-refractivity contribution is -0.134. The van der Waals surface area contributed by atoms with Gasteiger partial charge in [-0.2, -0.15) is 5.10 Å². The first-order chi connectivity index (χ1) is 13.8. The van der Waals surface area contributed by atoms with Crippen LogP contribution in [0.25, 0.3) is 0 Å². The number of amides is 1. The molecule has 1 heterocycles. The molecule has 1 aromatic heterocycles. The van der Waals surface area contributed by atoms with E-state index in [1.54, 1.807) is 39.1 Å². The van der Waals surface area contributed by atoms with Crippen molar-refractivity contribution in [3.05, 3.63) is 36.0 Å². The zero-order valence-electron chi connectivity index (χ0n) is 17.4. The molecule has 158 valence electrons. The number of rotatable bonds is 6. The number of hydrogen-bond donors (Lipinski definition) is 1. The number of hydrogen-bond acceptors (Lipinski definition) is 7. The molecule has 1 aromatic rings. The number of esters is 1. The van der Waals surface area contributed by atoms with Gasteiger partial charge in [-0.15, -0.1) is 0 Å². The highest BCUT2D eigenvalue weighted by atomic mass is 16.6. The quantitative estimate of drug-likeness (QED) is 0.336. The largest absolute Gasteiger partial charge is 0.474 e. The van der Waals surface area contributed by atoms with Gasteiger partial charge in [-0.05, 0) is 64.7 Å². The topological polar surface area (TPSA) is 99.1 Å². The monoisotopic (exact) mass is 403 g/mol. The van der Waals surface area contributed by atoms with Crippen molar-refractivity contribution >= 4 is 17.8 Å². The third-order valence-corrected chi connectivity index (χ3v) is 4.12. The van der Waals surface area contributed by atoms with Crippen LogP contribution in [0.4, 0.5) is 4.79 Å². The van der Waals surface area contributed by atoms with Crippen LogP contribution < -0.4 is 10.2 Å². The summed E-state index contributed by atoms with van der Waals surface area (Å²) in [6.07, 6.45) is 9.05. The number of aromatic nitrogens is 1. The smallest absolute Gasteiger partial charge is 0.428 e. The molecule has 8 heteroatoms. The van der Waals surface area contributed by atoms with Crippen molar-refractivity contribution in [3.8, 4) is 5.88 Å². The Balaban J connectivity index is 2.27. The second kappa shape index (κ2) is 10.6. The van der Waals surface area contributed by atoms with Crippen molar-refractivity contribution < 1.29 is 23.8 Å². The van der Waals surface area contributed by atoms with Gasteiger partial charge >= 0.3 is 12.1 Å². The Hall–Kier alpha value is -2.90. The molecular formula is C21H29N3O5. The Morgan fingerprint density at radius 3 is 2.59 bits per heavy atom. The van der Waals surface area contributed by atoms with Crippen molar-refractivity contribution in [3.63, 3.8) is 0 Å². The molecule has 29 heavy (non-hydrogen) atoms. The summed E-state index contributed by atoms with van der Waals surface area (Å²) in [4.78, 5) is 27.9. The number of allylic oxidation sites excluding steroid dienone is 1. The van der Waals surface area contributed by atoms with E-state index in [1.165, 1.54) is 25.7 Å². The summed E-state index contributed by atoms with van der Waals surface area (Å²) in [6, 6.07) is 3.50. The molecule has 8 nitrogen and oxygen atoms in total. The molecule has 1 N–H and O–H groups in total. The normalized spacial score (nSPS) is 15.8. The Bertz CT molecular complexity index is 762. The van der Waals surface area contributed by atoms with Crippen molar-refractivity contribution in [2.45, 2.75) is 64.6 Å². The molecule has 0 unspecified atom stereocenters. The van der Waals surface area contributed by atoms with E-state index >= 15 is 0 Å². The first-order valence-electron chi connectivity index (χ1n) is 9.73. The van der Waals surface area contributed by atoms with E-state index in [9.17, 15) is 9.59 Å². The fourth-order valence-electron chi connectivity index (χ4n) is 2.83. The molecule has 2 rings (SSSR count). The summed E-state index contributed by atoms with van der Waals surface area (Å²) in [5.74, 6) is -0.146. The van der Waals surface area contributed by atoms with Crippen LogP contribution in [0, 0.1) is 0 Å². The minimum atomic E-state index is -0.708. The zero-order chi connectivity index (χ0) is 21.3. The molecule has 0 aromatic carbocycles. The van der Waals surface area contributed by atoms with Crippen LogP contribution in [0.1, 0.15) is 58.4 Å². The molecule has 0 spiro atoms. The van der Waals surface area contributed by atoms with E-state index < -0.39 is 17.7 Å². The van der Waals surface area contributed by atoms with Crippen LogP contribution in [-0.4, -0.2) is 41.6 Å². The molecule has 1 aliphatic rings. The number of carbonyl (C=O) groups excluding carboxylic acids is 2. The van der Waals surface area contributed by atoms with Gasteiger partial charge in [0.2, 0.25) is 5.88 Å². The summed E-state index contributed by atoms with van der Waals surface area (Å²) in [5.41, 5.74) is 2.53. The van der Waals surface area contributed by atoms with Gasteiger partial charge in [-0.3, -0.25) is 0 Å². The van der Waals surface area contributed by atoms with Gasteiger partial charge in [0.1, 0.15) is 11.7 Å². The van der Waals surface area contributed by atoms with Gasteiger partial charge in [-0.1, -0.05) is 6.42 Å². The maximum atomic E-state index is 12.0. The summed E-state index contributed by atoms with van der Waals surface area (Å²) >= 11 is 0. The van der Waals surface area contributed by atoms with Crippen molar-refractivity contribution in [1.29, 1.82) is 0 Å². The highest BCUT2D eigenvalue weighted by molar-refractivity contribution is 6.12. The molecule has 0 saturated heterocycles. The average Bonchev–Trinajstić information content (AvgIpc) is 2.68. The Labute approximate surface area is 171 Å². The number of nitrogens with one attached hydrogen (secondary N) is 1. The molecule has 0 radical (unpaired) electrons. The third-order valence-electron chi connectivity index (χ3n) is 4.12. The van der Waals surface area contributed by atoms with E-state index in [-0.39, 0.29) is 6.10 Å². The van der Waals surface area contributed by atoms with E-state index in [0.717, 1.165) is 25.7 Å². The zero-order valence-corrected chi connectivity index (χ0v) is 17.4. The molecule has 0 aliphatic heterocycles. The molecule has 1 saturated carbocycles. The van der Waals surface area contributed by atoms with E-state index in [2.05, 4.69) is 20.2 Å². The Morgan fingerprint density at radius 2 is 1.93 bits per heavy atom. The lowest BCUT2D eigenvalue weighted by Gasteiger charge is -2.23. The number of methoxy groups -OCH3 is 1. The summed E-state index contributed by atoms with van der Waals surface area (Å²) in [5, 5.41) is 4.12. The Kier molecular flexibility index (Phi) is 8.18. The van der Waals surface area contributed by atoms with Crippen LogP contribution in [0.5, 0.6) is 5.88 Å². The van der Waals surface area contributed by atoms with Gasteiger partial charge in [0.25, 0.3) is 0 Å². The van der Waals surface area contributed by atoms with Crippen LogP contribution in [-0.2, 0) is 14.3 Å². The summed E-state index contributed by atoms with van der Waals surface area (Å²) in [7, 11) is 1.28. The number of carbonyl (C=O) groups is 2. The maximum Gasteiger partial charge on any atom is 0.428 e. The highest BCUT2D eigenvalue weighted by Gasteiger charge is 2.20. The second-order valence-electron chi connectivity index (χ2n) is 7.70. The Morgan fingerprint density at radius 1 is 1.21 bits per heavy atom. The predicted octanol–water partition coefficient (Wildman–Crippen LogP) is 3.75. The fraction of sp³-hybridized carbons (Fsp3) is 0.524. The molecule has 0 bridgehead atoms. The van der Waals surface area contributed by atoms with Crippen LogP contribution >= 0.6 is 0 Å². The standard InChI is InChI=1S/C21H29N3O5/c1-21(2,3)29-20(26)24-23-17(12-13-18(25)27-4)16-11-8-14-22-19(16)28-15-9-6-5-7-10-15/h8,11-15H,5-7,9-10H2,1-4H3,(H,24,26). The van der Waals surface area contributed by atoms with E-state index in [4.69, 9.17) is 9.47 Å². The SMILES string of the molecule is COC(=O)C=CC(=NNC(=O)OC(C)(C)C)c1cccnc1OC1CCCCC1. The van der Waals surface area contributed by atoms with Crippen LogP contribution in [0.3, 0.4) is 0 Å². The first-order valence-corrected chi connectivity index (χ1v) is 9.73. The van der Waals surface area contributed by atoms with Crippen molar-refractivity contribution in [1.82, 2.24) is 10.4 Å². The van der Waals surface area contributed by atoms with Gasteiger partial charge < -0.3 is 14.2 Å². The maximum absolute atomic E-state index is 12.0. The highest BCUT2D eigenvalue weighted by Crippen LogP contribution is 2.25. The number of nitrogens with zero attached hydrogens (tertiary/aromatic N) is 2. The number of ether oxygens (including phenoxy) is 3. The average molecular weight is 403 g/mol. The predicted molar refractivity (Wildman–Crippen MR) is 109 cm³/mol. The molecule has 1 amide bonds. The first kappa shape index (κ1) is 22.4. The molecule has 1 fully saturated rings. The molecular weight excluding hydrogens is 374 g/mol. The molecule has 1 aliphatic carbocycles. The number of pyridine rings is 1. The lowest BCUT2D eigenvalue weighted by Crippen LogP contribution is -2.30. The fourth-order valence-corrected chi connectivity index (χ4v) is 2.83. The second-order valence-corrected chi connectivity index (χ2v) is 7.70. The minimum absolute atomic E-state index is 0.0852. The number of hydrazone groups is 1. The van der Waals surface area contributed by atoms with E-state index in [1.807, 2.05) is 0 Å². The van der Waals surface area contributed by atoms with Gasteiger partial charge in [0.15, 0.2) is 0 Å². The lowest BCUT2D eigenvalue weighted by atomic mass is 9.98. The van der Waals surface area contributed by atoms with E-state index in [0.29, 0.717) is 17.2 Å². The minimum Gasteiger partial charge on any atom is -0.474 e. The molecule has 0 atom stereocenters. The summed E-state index contributed by atoms with van der Waals surface area (Å²) < 4.78 is 15.9.